The minimum Gasteiger partial charge on any atom is -0.457 e. The number of hydrogen-bond acceptors (Lipinski definition) is 7. The van der Waals surface area contributed by atoms with E-state index in [-0.39, 0.29) is 0 Å². The molecule has 0 unspecified atom stereocenters. The molecule has 0 radical (unpaired) electrons. The number of aryl methyl sites for hydroxylation is 1. The summed E-state index contributed by atoms with van der Waals surface area (Å²) in [6.07, 6.45) is 3.35. The van der Waals surface area contributed by atoms with Crippen LogP contribution in [0.2, 0.25) is 0 Å². The molecular formula is C28H29N3O3S. The van der Waals surface area contributed by atoms with Crippen molar-refractivity contribution in [2.45, 2.75) is 32.7 Å². The minimum atomic E-state index is 0.655. The van der Waals surface area contributed by atoms with Crippen LogP contribution < -0.4 is 9.47 Å². The van der Waals surface area contributed by atoms with Gasteiger partial charge in [-0.05, 0) is 55.0 Å². The van der Waals surface area contributed by atoms with Crippen LogP contribution >= 0.6 is 11.3 Å². The zero-order valence-corrected chi connectivity index (χ0v) is 20.7. The number of benzene rings is 2. The number of aromatic nitrogens is 2. The third-order valence-corrected chi connectivity index (χ3v) is 7.78. The van der Waals surface area contributed by atoms with Gasteiger partial charge in [-0.15, -0.1) is 11.3 Å². The van der Waals surface area contributed by atoms with Crippen molar-refractivity contribution >= 4 is 21.6 Å². The van der Waals surface area contributed by atoms with Gasteiger partial charge in [0.05, 0.1) is 25.1 Å². The Labute approximate surface area is 209 Å². The summed E-state index contributed by atoms with van der Waals surface area (Å²) in [5, 5.41) is 1.08. The molecule has 180 valence electrons. The summed E-state index contributed by atoms with van der Waals surface area (Å²) >= 11 is 1.81. The van der Waals surface area contributed by atoms with Crippen molar-refractivity contribution < 1.29 is 14.2 Å². The molecule has 0 amide bonds. The van der Waals surface area contributed by atoms with E-state index in [4.69, 9.17) is 24.2 Å². The number of para-hydroxylation sites is 1. The van der Waals surface area contributed by atoms with Gasteiger partial charge in [-0.25, -0.2) is 4.98 Å². The van der Waals surface area contributed by atoms with Crippen molar-refractivity contribution in [3.8, 4) is 23.1 Å². The maximum atomic E-state index is 6.48. The lowest BCUT2D eigenvalue weighted by molar-refractivity contribution is 0.0330. The Morgan fingerprint density at radius 2 is 1.74 bits per heavy atom. The number of morpholine rings is 1. The largest absolute Gasteiger partial charge is 0.457 e. The first kappa shape index (κ1) is 22.5. The van der Waals surface area contributed by atoms with Gasteiger partial charge in [0.1, 0.15) is 27.9 Å². The number of fused-ring (bicyclic) bond motifs is 3. The van der Waals surface area contributed by atoms with Gasteiger partial charge in [-0.2, -0.15) is 4.98 Å². The van der Waals surface area contributed by atoms with Crippen LogP contribution in [-0.4, -0.2) is 41.2 Å². The highest BCUT2D eigenvalue weighted by Gasteiger charge is 2.25. The van der Waals surface area contributed by atoms with Gasteiger partial charge in [0, 0.05) is 24.0 Å². The molecule has 7 heteroatoms. The highest BCUT2D eigenvalue weighted by molar-refractivity contribution is 7.18. The summed E-state index contributed by atoms with van der Waals surface area (Å²) < 4.78 is 18.0. The minimum absolute atomic E-state index is 0.655. The summed E-state index contributed by atoms with van der Waals surface area (Å²) in [5.41, 5.74) is 1.37. The fourth-order valence-corrected chi connectivity index (χ4v) is 6.18. The molecule has 0 bridgehead atoms. The van der Waals surface area contributed by atoms with Crippen LogP contribution in [0.4, 0.5) is 0 Å². The van der Waals surface area contributed by atoms with E-state index < -0.39 is 0 Å². The molecule has 3 heterocycles. The summed E-state index contributed by atoms with van der Waals surface area (Å²) in [5.74, 6) is 4.39. The number of ether oxygens (including phenoxy) is 3. The van der Waals surface area contributed by atoms with E-state index in [0.29, 0.717) is 24.1 Å². The van der Waals surface area contributed by atoms with Crippen molar-refractivity contribution in [3.05, 3.63) is 70.9 Å². The van der Waals surface area contributed by atoms with Gasteiger partial charge in [0.15, 0.2) is 0 Å². The second kappa shape index (κ2) is 9.93. The molecular weight excluding hydrogens is 458 g/mol. The molecule has 0 saturated carbocycles. The molecule has 1 aliphatic carbocycles. The smallest absolute Gasteiger partial charge is 0.231 e. The average molecular weight is 488 g/mol. The molecule has 2 aromatic heterocycles. The molecule has 1 fully saturated rings. The van der Waals surface area contributed by atoms with Crippen LogP contribution in [0.15, 0.2) is 54.6 Å². The monoisotopic (exact) mass is 487 g/mol. The van der Waals surface area contributed by atoms with Crippen LogP contribution in [0.25, 0.3) is 10.2 Å². The van der Waals surface area contributed by atoms with Crippen LogP contribution in [0.3, 0.4) is 0 Å². The van der Waals surface area contributed by atoms with Crippen LogP contribution in [0, 0.1) is 5.92 Å². The lowest BCUT2D eigenvalue weighted by Crippen LogP contribution is -2.36. The standard InChI is InChI=1S/C28H29N3O3S/c1-19-10-11-23-24(16-19)35-28-26(23)27(29-25(30-28)18-31-12-14-32-15-13-31)34-22-9-5-8-21(17-22)33-20-6-3-2-4-7-20/h2-9,17,19H,10-16,18H2,1H3/t19-/m0/s1. The summed E-state index contributed by atoms with van der Waals surface area (Å²) in [6.45, 7) is 6.34. The van der Waals surface area contributed by atoms with Crippen molar-refractivity contribution in [2.75, 3.05) is 26.3 Å². The van der Waals surface area contributed by atoms with E-state index in [0.717, 1.165) is 66.7 Å². The van der Waals surface area contributed by atoms with Crippen LogP contribution in [-0.2, 0) is 24.1 Å². The number of rotatable bonds is 6. The van der Waals surface area contributed by atoms with E-state index in [9.17, 15) is 0 Å². The van der Waals surface area contributed by atoms with Gasteiger partial charge >= 0.3 is 0 Å². The molecule has 1 atom stereocenters. The molecule has 35 heavy (non-hydrogen) atoms. The molecule has 6 nitrogen and oxygen atoms in total. The quantitative estimate of drug-likeness (QED) is 0.321. The SMILES string of the molecule is C[C@H]1CCc2c(sc3nc(CN4CCOCC4)nc(Oc4cccc(Oc5ccccc5)c4)c23)C1. The first-order valence-corrected chi connectivity index (χ1v) is 13.1. The van der Waals surface area contributed by atoms with Gasteiger partial charge < -0.3 is 14.2 Å². The molecule has 1 aliphatic heterocycles. The van der Waals surface area contributed by atoms with E-state index in [1.54, 1.807) is 0 Å². The van der Waals surface area contributed by atoms with Gasteiger partial charge in [0.25, 0.3) is 0 Å². The van der Waals surface area contributed by atoms with Crippen molar-refractivity contribution in [1.82, 2.24) is 14.9 Å². The second-order valence-corrected chi connectivity index (χ2v) is 10.4. The summed E-state index contributed by atoms with van der Waals surface area (Å²) in [4.78, 5) is 14.8. The lowest BCUT2D eigenvalue weighted by Gasteiger charge is -2.25. The molecule has 6 rings (SSSR count). The Balaban J connectivity index is 1.35. The van der Waals surface area contributed by atoms with Crippen molar-refractivity contribution in [2.24, 2.45) is 5.92 Å². The molecule has 0 spiro atoms. The van der Waals surface area contributed by atoms with E-state index >= 15 is 0 Å². The topological polar surface area (TPSA) is 56.7 Å². The zero-order chi connectivity index (χ0) is 23.6. The van der Waals surface area contributed by atoms with Gasteiger partial charge in [-0.3, -0.25) is 4.90 Å². The lowest BCUT2D eigenvalue weighted by atomic mass is 9.89. The molecule has 2 aliphatic rings. The fraction of sp³-hybridized carbons (Fsp3) is 0.357. The third kappa shape index (κ3) is 5.03. The maximum Gasteiger partial charge on any atom is 0.231 e. The first-order chi connectivity index (χ1) is 17.2. The Bertz CT molecular complexity index is 1320. The highest BCUT2D eigenvalue weighted by Crippen LogP contribution is 2.42. The maximum absolute atomic E-state index is 6.48. The van der Waals surface area contributed by atoms with Crippen LogP contribution in [0.1, 0.15) is 29.6 Å². The predicted molar refractivity (Wildman–Crippen MR) is 138 cm³/mol. The van der Waals surface area contributed by atoms with E-state index in [1.165, 1.54) is 16.9 Å². The Kier molecular flexibility index (Phi) is 6.37. The zero-order valence-electron chi connectivity index (χ0n) is 19.9. The number of nitrogens with zero attached hydrogens (tertiary/aromatic N) is 3. The van der Waals surface area contributed by atoms with E-state index in [2.05, 4.69) is 11.8 Å². The number of hydrogen-bond donors (Lipinski definition) is 0. The van der Waals surface area contributed by atoms with Gasteiger partial charge in [-0.1, -0.05) is 31.2 Å². The normalized spacial score (nSPS) is 18.4. The fourth-order valence-electron chi connectivity index (χ4n) is 4.79. The van der Waals surface area contributed by atoms with Crippen molar-refractivity contribution in [1.29, 1.82) is 0 Å². The average Bonchev–Trinajstić information content (AvgIpc) is 3.23. The highest BCUT2D eigenvalue weighted by atomic mass is 32.1. The molecule has 0 N–H and O–H groups in total. The third-order valence-electron chi connectivity index (χ3n) is 6.64. The summed E-state index contributed by atoms with van der Waals surface area (Å²) in [6, 6.07) is 17.5. The van der Waals surface area contributed by atoms with Crippen LogP contribution in [0.5, 0.6) is 23.1 Å². The molecule has 2 aromatic carbocycles. The molecule has 4 aromatic rings. The Morgan fingerprint density at radius 1 is 0.971 bits per heavy atom. The first-order valence-electron chi connectivity index (χ1n) is 12.3. The predicted octanol–water partition coefficient (Wildman–Crippen LogP) is 6.23. The van der Waals surface area contributed by atoms with E-state index in [1.807, 2.05) is 65.9 Å². The molecule has 1 saturated heterocycles. The van der Waals surface area contributed by atoms with Gasteiger partial charge in [0.2, 0.25) is 5.88 Å². The second-order valence-electron chi connectivity index (χ2n) is 9.36. The Morgan fingerprint density at radius 3 is 2.57 bits per heavy atom. The number of thiophene rings is 1. The summed E-state index contributed by atoms with van der Waals surface area (Å²) in [7, 11) is 0. The Hall–Kier alpha value is -3.00. The van der Waals surface area contributed by atoms with Crippen molar-refractivity contribution in [3.63, 3.8) is 0 Å².